The van der Waals surface area contributed by atoms with E-state index in [1.807, 2.05) is 0 Å². The maximum Gasteiger partial charge on any atom is 0.417 e. The Balaban J connectivity index is 2.57. The topological polar surface area (TPSA) is 24.9 Å². The monoisotopic (exact) mass is 252 g/mol. The van der Waals surface area contributed by atoms with E-state index in [1.54, 1.807) is 25.2 Å². The fourth-order valence-electron chi connectivity index (χ4n) is 1.69. The van der Waals surface area contributed by atoms with Gasteiger partial charge in [0.25, 0.3) is 0 Å². The van der Waals surface area contributed by atoms with Crippen LogP contribution in [0.15, 0.2) is 42.6 Å². The van der Waals surface area contributed by atoms with Crippen molar-refractivity contribution in [3.05, 3.63) is 48.2 Å². The molecule has 2 aromatic rings. The highest BCUT2D eigenvalue weighted by Crippen LogP contribution is 2.36. The van der Waals surface area contributed by atoms with E-state index in [2.05, 4.69) is 10.3 Å². The molecule has 0 aliphatic rings. The van der Waals surface area contributed by atoms with E-state index in [0.29, 0.717) is 5.69 Å². The Kier molecular flexibility index (Phi) is 3.23. The third-order valence-corrected chi connectivity index (χ3v) is 2.56. The van der Waals surface area contributed by atoms with Gasteiger partial charge in [-0.3, -0.25) is 4.98 Å². The minimum atomic E-state index is -4.38. The van der Waals surface area contributed by atoms with Crippen LogP contribution in [-0.4, -0.2) is 12.0 Å². The van der Waals surface area contributed by atoms with Crippen LogP contribution in [0.3, 0.4) is 0 Å². The zero-order chi connectivity index (χ0) is 13.2. The summed E-state index contributed by atoms with van der Waals surface area (Å²) in [7, 11) is 1.70. The molecule has 0 amide bonds. The van der Waals surface area contributed by atoms with Crippen molar-refractivity contribution in [3.8, 4) is 11.3 Å². The van der Waals surface area contributed by atoms with E-state index in [0.717, 1.165) is 11.8 Å². The quantitative estimate of drug-likeness (QED) is 0.879. The number of halogens is 3. The minimum Gasteiger partial charge on any atom is -0.388 e. The summed E-state index contributed by atoms with van der Waals surface area (Å²) in [5.74, 6) is 0. The fraction of sp³-hybridized carbons (Fsp3) is 0.154. The summed E-state index contributed by atoms with van der Waals surface area (Å²) in [4.78, 5) is 3.99. The average molecular weight is 252 g/mol. The Morgan fingerprint density at radius 2 is 1.83 bits per heavy atom. The van der Waals surface area contributed by atoms with Gasteiger partial charge >= 0.3 is 6.18 Å². The van der Waals surface area contributed by atoms with E-state index in [9.17, 15) is 13.2 Å². The number of anilines is 1. The van der Waals surface area contributed by atoms with Crippen molar-refractivity contribution in [2.45, 2.75) is 6.18 Å². The van der Waals surface area contributed by atoms with Gasteiger partial charge in [-0.15, -0.1) is 0 Å². The first-order valence-electron chi connectivity index (χ1n) is 5.33. The maximum atomic E-state index is 12.9. The fourth-order valence-corrected chi connectivity index (χ4v) is 1.69. The Labute approximate surface area is 102 Å². The Bertz CT molecular complexity index is 550. The molecular weight excluding hydrogens is 241 g/mol. The molecule has 5 heteroatoms. The van der Waals surface area contributed by atoms with Gasteiger partial charge in [-0.05, 0) is 18.2 Å². The van der Waals surface area contributed by atoms with E-state index in [4.69, 9.17) is 0 Å². The molecule has 1 aromatic carbocycles. The zero-order valence-corrected chi connectivity index (χ0v) is 9.62. The highest BCUT2D eigenvalue weighted by Gasteiger charge is 2.33. The molecule has 2 nitrogen and oxygen atoms in total. The first-order valence-corrected chi connectivity index (χ1v) is 5.33. The van der Waals surface area contributed by atoms with Gasteiger partial charge in [-0.1, -0.05) is 18.2 Å². The summed E-state index contributed by atoms with van der Waals surface area (Å²) >= 11 is 0. The molecule has 0 fully saturated rings. The van der Waals surface area contributed by atoms with Gasteiger partial charge in [-0.25, -0.2) is 0 Å². The number of benzene rings is 1. The van der Waals surface area contributed by atoms with Gasteiger partial charge < -0.3 is 5.32 Å². The van der Waals surface area contributed by atoms with E-state index in [1.165, 1.54) is 18.3 Å². The molecule has 0 unspecified atom stereocenters. The van der Waals surface area contributed by atoms with Crippen molar-refractivity contribution in [2.75, 3.05) is 12.4 Å². The molecule has 0 aliphatic carbocycles. The van der Waals surface area contributed by atoms with Gasteiger partial charge in [-0.2, -0.15) is 13.2 Å². The van der Waals surface area contributed by atoms with Crippen LogP contribution in [0.4, 0.5) is 18.9 Å². The predicted molar refractivity (Wildman–Crippen MR) is 64.2 cm³/mol. The second-order valence-electron chi connectivity index (χ2n) is 3.72. The van der Waals surface area contributed by atoms with Gasteiger partial charge in [0.2, 0.25) is 0 Å². The van der Waals surface area contributed by atoms with Crippen LogP contribution in [-0.2, 0) is 6.18 Å². The van der Waals surface area contributed by atoms with Crippen molar-refractivity contribution < 1.29 is 13.2 Å². The molecule has 0 radical (unpaired) electrons. The van der Waals surface area contributed by atoms with Gasteiger partial charge in [0, 0.05) is 24.5 Å². The standard InChI is InChI=1S/C13H11F3N2/c1-17-9-6-7-18-12(8-9)10-4-2-3-5-11(10)13(14,15)16/h2-8H,1H3,(H,17,18). The van der Waals surface area contributed by atoms with Crippen molar-refractivity contribution >= 4 is 5.69 Å². The van der Waals surface area contributed by atoms with E-state index >= 15 is 0 Å². The highest BCUT2D eigenvalue weighted by molar-refractivity contribution is 5.67. The number of rotatable bonds is 2. The van der Waals surface area contributed by atoms with Crippen molar-refractivity contribution in [1.29, 1.82) is 0 Å². The van der Waals surface area contributed by atoms with Crippen LogP contribution in [0.5, 0.6) is 0 Å². The number of hydrogen-bond acceptors (Lipinski definition) is 2. The third kappa shape index (κ3) is 2.45. The number of pyridine rings is 1. The van der Waals surface area contributed by atoms with Crippen LogP contribution in [0.25, 0.3) is 11.3 Å². The molecule has 1 N–H and O–H groups in total. The second kappa shape index (κ2) is 4.68. The van der Waals surface area contributed by atoms with E-state index < -0.39 is 11.7 Å². The van der Waals surface area contributed by atoms with Crippen molar-refractivity contribution in [1.82, 2.24) is 4.98 Å². The molecule has 0 bridgehead atoms. The summed E-state index contributed by atoms with van der Waals surface area (Å²) in [6, 6.07) is 8.70. The smallest absolute Gasteiger partial charge is 0.388 e. The molecule has 94 valence electrons. The van der Waals surface area contributed by atoms with Crippen LogP contribution in [0, 0.1) is 0 Å². The van der Waals surface area contributed by atoms with Gasteiger partial charge in [0.05, 0.1) is 11.3 Å². The lowest BCUT2D eigenvalue weighted by molar-refractivity contribution is -0.137. The molecule has 2 rings (SSSR count). The summed E-state index contributed by atoms with van der Waals surface area (Å²) < 4.78 is 38.6. The predicted octanol–water partition coefficient (Wildman–Crippen LogP) is 3.81. The number of nitrogens with zero attached hydrogens (tertiary/aromatic N) is 1. The number of alkyl halides is 3. The van der Waals surface area contributed by atoms with Gasteiger partial charge in [0.1, 0.15) is 0 Å². The third-order valence-electron chi connectivity index (χ3n) is 2.56. The molecule has 18 heavy (non-hydrogen) atoms. The summed E-state index contributed by atoms with van der Waals surface area (Å²) in [6.07, 6.45) is -2.90. The van der Waals surface area contributed by atoms with Crippen molar-refractivity contribution in [3.63, 3.8) is 0 Å². The average Bonchev–Trinajstić information content (AvgIpc) is 2.38. The van der Waals surface area contributed by atoms with E-state index in [-0.39, 0.29) is 5.56 Å². The maximum absolute atomic E-state index is 12.9. The molecule has 0 atom stereocenters. The first kappa shape index (κ1) is 12.4. The van der Waals surface area contributed by atoms with Crippen LogP contribution in [0.1, 0.15) is 5.56 Å². The molecule has 0 aliphatic heterocycles. The largest absolute Gasteiger partial charge is 0.417 e. The minimum absolute atomic E-state index is 0.0853. The lowest BCUT2D eigenvalue weighted by Gasteiger charge is -2.12. The Hall–Kier alpha value is -2.04. The Morgan fingerprint density at radius 3 is 2.50 bits per heavy atom. The molecule has 1 heterocycles. The zero-order valence-electron chi connectivity index (χ0n) is 9.62. The molecule has 1 aromatic heterocycles. The van der Waals surface area contributed by atoms with Crippen LogP contribution >= 0.6 is 0 Å². The van der Waals surface area contributed by atoms with Crippen molar-refractivity contribution in [2.24, 2.45) is 0 Å². The second-order valence-corrected chi connectivity index (χ2v) is 3.72. The number of nitrogens with one attached hydrogen (secondary N) is 1. The summed E-state index contributed by atoms with van der Waals surface area (Å²) in [5, 5.41) is 2.87. The van der Waals surface area contributed by atoms with Crippen LogP contribution < -0.4 is 5.32 Å². The molecule has 0 saturated heterocycles. The van der Waals surface area contributed by atoms with Gasteiger partial charge in [0.15, 0.2) is 0 Å². The molecular formula is C13H11F3N2. The lowest BCUT2D eigenvalue weighted by atomic mass is 10.0. The number of aromatic nitrogens is 1. The first-order chi connectivity index (χ1) is 8.52. The SMILES string of the molecule is CNc1ccnc(-c2ccccc2C(F)(F)F)c1. The van der Waals surface area contributed by atoms with Crippen LogP contribution in [0.2, 0.25) is 0 Å². The summed E-state index contributed by atoms with van der Waals surface area (Å²) in [6.45, 7) is 0. The lowest BCUT2D eigenvalue weighted by Crippen LogP contribution is -2.07. The Morgan fingerprint density at radius 1 is 1.11 bits per heavy atom. The number of hydrogen-bond donors (Lipinski definition) is 1. The summed E-state index contributed by atoms with van der Waals surface area (Å²) in [5.41, 5.74) is 0.430. The molecule has 0 saturated carbocycles. The normalized spacial score (nSPS) is 11.3. The highest BCUT2D eigenvalue weighted by atomic mass is 19.4. The molecule has 0 spiro atoms.